The van der Waals surface area contributed by atoms with E-state index in [1.807, 2.05) is 12.1 Å². The van der Waals surface area contributed by atoms with Crippen LogP contribution in [0.1, 0.15) is 35.8 Å². The Morgan fingerprint density at radius 1 is 1.35 bits per heavy atom. The van der Waals surface area contributed by atoms with Gasteiger partial charge < -0.3 is 5.11 Å². The number of nitrogens with zero attached hydrogens (tertiary/aromatic N) is 2. The predicted octanol–water partition coefficient (Wildman–Crippen LogP) is 2.69. The van der Waals surface area contributed by atoms with E-state index in [1.54, 1.807) is 29.1 Å². The van der Waals surface area contributed by atoms with Crippen molar-refractivity contribution in [2.75, 3.05) is 0 Å². The first kappa shape index (κ1) is 11.4. The SMILES string of the molecule is CC(C)c1ccnn1-c1cccc(C(=O)O)c1. The Hall–Kier alpha value is -2.10. The Bertz CT molecular complexity index is 544. The summed E-state index contributed by atoms with van der Waals surface area (Å²) in [6.07, 6.45) is 1.72. The predicted molar refractivity (Wildman–Crippen MR) is 64.6 cm³/mol. The van der Waals surface area contributed by atoms with Crippen molar-refractivity contribution in [3.63, 3.8) is 0 Å². The molecule has 1 heterocycles. The standard InChI is InChI=1S/C13H14N2O2/c1-9(2)12-6-7-14-15(12)11-5-3-4-10(8-11)13(16)17/h3-9H,1-2H3,(H,16,17). The fourth-order valence-electron chi connectivity index (χ4n) is 1.74. The van der Waals surface area contributed by atoms with Crippen molar-refractivity contribution in [2.45, 2.75) is 19.8 Å². The molecule has 1 N–H and O–H groups in total. The molecule has 88 valence electrons. The van der Waals surface area contributed by atoms with Gasteiger partial charge in [-0.15, -0.1) is 0 Å². The topological polar surface area (TPSA) is 55.1 Å². The van der Waals surface area contributed by atoms with Crippen molar-refractivity contribution in [3.05, 3.63) is 47.8 Å². The first-order valence-electron chi connectivity index (χ1n) is 5.47. The van der Waals surface area contributed by atoms with Crippen molar-refractivity contribution in [2.24, 2.45) is 0 Å². The lowest BCUT2D eigenvalue weighted by atomic mass is 10.1. The van der Waals surface area contributed by atoms with Crippen LogP contribution in [0, 0.1) is 0 Å². The molecular weight excluding hydrogens is 216 g/mol. The average molecular weight is 230 g/mol. The molecule has 0 saturated heterocycles. The van der Waals surface area contributed by atoms with E-state index < -0.39 is 5.97 Å². The summed E-state index contributed by atoms with van der Waals surface area (Å²) in [5.74, 6) is -0.587. The Kier molecular flexibility index (Phi) is 2.95. The zero-order chi connectivity index (χ0) is 12.4. The summed E-state index contributed by atoms with van der Waals surface area (Å²) in [6.45, 7) is 4.16. The van der Waals surface area contributed by atoms with Crippen LogP contribution in [0.4, 0.5) is 0 Å². The largest absolute Gasteiger partial charge is 0.478 e. The molecule has 4 heteroatoms. The molecule has 0 atom stereocenters. The van der Waals surface area contributed by atoms with Crippen LogP contribution in [0.5, 0.6) is 0 Å². The summed E-state index contributed by atoms with van der Waals surface area (Å²) in [6, 6.07) is 8.72. The number of benzene rings is 1. The van der Waals surface area contributed by atoms with Crippen LogP contribution < -0.4 is 0 Å². The Morgan fingerprint density at radius 3 is 2.76 bits per heavy atom. The van der Waals surface area contributed by atoms with Crippen LogP contribution in [0.15, 0.2) is 36.5 Å². The van der Waals surface area contributed by atoms with E-state index >= 15 is 0 Å². The van der Waals surface area contributed by atoms with E-state index in [4.69, 9.17) is 5.11 Å². The maximum atomic E-state index is 10.9. The number of rotatable bonds is 3. The van der Waals surface area contributed by atoms with E-state index in [-0.39, 0.29) is 5.56 Å². The highest BCUT2D eigenvalue weighted by atomic mass is 16.4. The molecule has 0 fully saturated rings. The second kappa shape index (κ2) is 4.41. The lowest BCUT2D eigenvalue weighted by Gasteiger charge is -2.10. The fourth-order valence-corrected chi connectivity index (χ4v) is 1.74. The number of carboxylic acids is 1. The third-order valence-corrected chi connectivity index (χ3v) is 2.60. The zero-order valence-electron chi connectivity index (χ0n) is 9.79. The quantitative estimate of drug-likeness (QED) is 0.882. The molecule has 4 nitrogen and oxygen atoms in total. The van der Waals surface area contributed by atoms with Gasteiger partial charge in [0, 0.05) is 11.9 Å². The van der Waals surface area contributed by atoms with E-state index in [0.717, 1.165) is 11.4 Å². The molecule has 0 aliphatic rings. The number of hydrogen-bond acceptors (Lipinski definition) is 2. The van der Waals surface area contributed by atoms with Crippen LogP contribution in [-0.2, 0) is 0 Å². The maximum Gasteiger partial charge on any atom is 0.335 e. The second-order valence-corrected chi connectivity index (χ2v) is 4.18. The number of hydrogen-bond donors (Lipinski definition) is 1. The highest BCUT2D eigenvalue weighted by Gasteiger charge is 2.10. The van der Waals surface area contributed by atoms with Gasteiger partial charge in [-0.3, -0.25) is 0 Å². The smallest absolute Gasteiger partial charge is 0.335 e. The summed E-state index contributed by atoms with van der Waals surface area (Å²) in [4.78, 5) is 10.9. The molecule has 2 rings (SSSR count). The molecule has 0 aliphatic heterocycles. The van der Waals surface area contributed by atoms with Crippen molar-refractivity contribution >= 4 is 5.97 Å². The molecule has 1 aromatic heterocycles. The minimum Gasteiger partial charge on any atom is -0.478 e. The number of aromatic carboxylic acids is 1. The van der Waals surface area contributed by atoms with Gasteiger partial charge in [0.15, 0.2) is 0 Å². The van der Waals surface area contributed by atoms with Gasteiger partial charge in [0.1, 0.15) is 0 Å². The Labute approximate surface area is 99.5 Å². The number of carbonyl (C=O) groups is 1. The van der Waals surface area contributed by atoms with Crippen LogP contribution in [0.2, 0.25) is 0 Å². The van der Waals surface area contributed by atoms with Crippen LogP contribution in [0.3, 0.4) is 0 Å². The summed E-state index contributed by atoms with van der Waals surface area (Å²) in [5.41, 5.74) is 2.11. The van der Waals surface area contributed by atoms with Gasteiger partial charge in [0.2, 0.25) is 0 Å². The van der Waals surface area contributed by atoms with Crippen molar-refractivity contribution < 1.29 is 9.90 Å². The van der Waals surface area contributed by atoms with Gasteiger partial charge in [-0.05, 0) is 30.2 Å². The van der Waals surface area contributed by atoms with E-state index in [0.29, 0.717) is 5.92 Å². The van der Waals surface area contributed by atoms with Crippen LogP contribution in [0.25, 0.3) is 5.69 Å². The van der Waals surface area contributed by atoms with Crippen molar-refractivity contribution in [1.82, 2.24) is 9.78 Å². The Balaban J connectivity index is 2.49. The summed E-state index contributed by atoms with van der Waals surface area (Å²) in [5, 5.41) is 13.2. The highest BCUT2D eigenvalue weighted by molar-refractivity contribution is 5.88. The molecular formula is C13H14N2O2. The molecule has 0 aliphatic carbocycles. The van der Waals surface area contributed by atoms with Gasteiger partial charge in [-0.2, -0.15) is 5.10 Å². The van der Waals surface area contributed by atoms with Crippen LogP contribution in [-0.4, -0.2) is 20.9 Å². The number of aromatic nitrogens is 2. The average Bonchev–Trinajstić information content (AvgIpc) is 2.78. The van der Waals surface area contributed by atoms with Crippen molar-refractivity contribution in [1.29, 1.82) is 0 Å². The van der Waals surface area contributed by atoms with Gasteiger partial charge in [0.25, 0.3) is 0 Å². The van der Waals surface area contributed by atoms with E-state index in [1.165, 1.54) is 0 Å². The van der Waals surface area contributed by atoms with Gasteiger partial charge >= 0.3 is 5.97 Å². The van der Waals surface area contributed by atoms with E-state index in [9.17, 15) is 4.79 Å². The second-order valence-electron chi connectivity index (χ2n) is 4.18. The van der Waals surface area contributed by atoms with Gasteiger partial charge in [-0.1, -0.05) is 19.9 Å². The number of carboxylic acid groups (broad SMARTS) is 1. The van der Waals surface area contributed by atoms with E-state index in [2.05, 4.69) is 18.9 Å². The summed E-state index contributed by atoms with van der Waals surface area (Å²) >= 11 is 0. The third kappa shape index (κ3) is 2.20. The molecule has 0 unspecified atom stereocenters. The van der Waals surface area contributed by atoms with Crippen LogP contribution >= 0.6 is 0 Å². The normalized spacial score (nSPS) is 10.8. The minimum absolute atomic E-state index is 0.271. The molecule has 0 spiro atoms. The van der Waals surface area contributed by atoms with Gasteiger partial charge in [-0.25, -0.2) is 9.48 Å². The molecule has 17 heavy (non-hydrogen) atoms. The summed E-state index contributed by atoms with van der Waals surface area (Å²) < 4.78 is 1.77. The molecule has 0 radical (unpaired) electrons. The molecule has 1 aromatic carbocycles. The lowest BCUT2D eigenvalue weighted by Crippen LogP contribution is -2.05. The molecule has 0 saturated carbocycles. The minimum atomic E-state index is -0.926. The zero-order valence-corrected chi connectivity index (χ0v) is 9.79. The van der Waals surface area contributed by atoms with Gasteiger partial charge in [0.05, 0.1) is 11.3 Å². The lowest BCUT2D eigenvalue weighted by molar-refractivity contribution is 0.0697. The van der Waals surface area contributed by atoms with Crippen molar-refractivity contribution in [3.8, 4) is 5.69 Å². The Morgan fingerprint density at radius 2 is 2.12 bits per heavy atom. The first-order chi connectivity index (χ1) is 8.09. The highest BCUT2D eigenvalue weighted by Crippen LogP contribution is 2.18. The maximum absolute atomic E-state index is 10.9. The molecule has 0 bridgehead atoms. The molecule has 2 aromatic rings. The fraction of sp³-hybridized carbons (Fsp3) is 0.231. The third-order valence-electron chi connectivity index (χ3n) is 2.60. The first-order valence-corrected chi connectivity index (χ1v) is 5.47. The monoisotopic (exact) mass is 230 g/mol. The molecule has 0 amide bonds. The summed E-state index contributed by atoms with van der Waals surface area (Å²) in [7, 11) is 0.